The monoisotopic (exact) mass is 573 g/mol. The Morgan fingerprint density at radius 1 is 1.00 bits per heavy atom. The minimum Gasteiger partial charge on any atom is -0.496 e. The van der Waals surface area contributed by atoms with Crippen molar-refractivity contribution in [2.75, 3.05) is 40.6 Å². The van der Waals surface area contributed by atoms with Gasteiger partial charge in [0.05, 0.1) is 20.8 Å². The van der Waals surface area contributed by atoms with Crippen molar-refractivity contribution in [1.82, 2.24) is 14.2 Å². The van der Waals surface area contributed by atoms with E-state index in [2.05, 4.69) is 4.98 Å². The first kappa shape index (κ1) is 30.3. The molecule has 0 aliphatic rings. The van der Waals surface area contributed by atoms with Crippen LogP contribution in [0.1, 0.15) is 48.3 Å². The van der Waals surface area contributed by atoms with Gasteiger partial charge in [-0.05, 0) is 44.4 Å². The molecule has 0 spiro atoms. The Balaban J connectivity index is 1.88. The Morgan fingerprint density at radius 3 is 2.18 bits per heavy atom. The predicted molar refractivity (Wildman–Crippen MR) is 152 cm³/mol. The molecule has 2 aromatic carbocycles. The van der Waals surface area contributed by atoms with Gasteiger partial charge in [-0.15, -0.1) is 11.3 Å². The molecule has 11 heteroatoms. The number of ketones is 1. The Hall–Kier alpha value is -3.28. The zero-order chi connectivity index (χ0) is 28.7. The largest absolute Gasteiger partial charge is 0.496 e. The lowest BCUT2D eigenvalue weighted by Gasteiger charge is -2.23. The number of aromatic nitrogens is 1. The van der Waals surface area contributed by atoms with Crippen LogP contribution in [0.25, 0.3) is 0 Å². The van der Waals surface area contributed by atoms with Gasteiger partial charge in [0.2, 0.25) is 10.0 Å². The van der Waals surface area contributed by atoms with Crippen molar-refractivity contribution >= 4 is 33.1 Å². The molecule has 1 heterocycles. The first-order valence-electron chi connectivity index (χ1n) is 12.4. The molecule has 3 aromatic rings. The van der Waals surface area contributed by atoms with Crippen molar-refractivity contribution in [3.05, 3.63) is 74.7 Å². The number of Topliss-reactive ketones (excluding diaryl/α,β-unsaturated/α-hetero) is 1. The van der Waals surface area contributed by atoms with Crippen LogP contribution in [-0.2, 0) is 23.0 Å². The summed E-state index contributed by atoms with van der Waals surface area (Å²) in [4.78, 5) is 33.3. The Bertz CT molecular complexity index is 1390. The summed E-state index contributed by atoms with van der Waals surface area (Å²) in [5.41, 5.74) is 2.49. The third-order valence-corrected chi connectivity index (χ3v) is 9.02. The van der Waals surface area contributed by atoms with E-state index >= 15 is 0 Å². The molecule has 0 bridgehead atoms. The number of nitrogens with zero attached hydrogens (tertiary/aromatic N) is 3. The highest BCUT2D eigenvalue weighted by Crippen LogP contribution is 2.30. The molecule has 9 nitrogen and oxygen atoms in total. The molecule has 0 aliphatic heterocycles. The number of carbonyl (C=O) groups is 2. The molecule has 1 aromatic heterocycles. The molecule has 39 heavy (non-hydrogen) atoms. The van der Waals surface area contributed by atoms with Crippen LogP contribution in [0.4, 0.5) is 0 Å². The molecule has 0 fully saturated rings. The summed E-state index contributed by atoms with van der Waals surface area (Å²) < 4.78 is 36.4. The van der Waals surface area contributed by atoms with Crippen LogP contribution in [0.15, 0.2) is 42.5 Å². The molecule has 0 radical (unpaired) electrons. The van der Waals surface area contributed by atoms with E-state index in [-0.39, 0.29) is 18.1 Å². The van der Waals surface area contributed by atoms with Crippen LogP contribution < -0.4 is 9.47 Å². The number of hydrogen-bond donors (Lipinski definition) is 0. The molecule has 3 rings (SSSR count). The number of rotatable bonds is 13. The van der Waals surface area contributed by atoms with Gasteiger partial charge in [-0.25, -0.2) is 17.7 Å². The Labute approximate surface area is 234 Å². The zero-order valence-electron chi connectivity index (χ0n) is 23.2. The van der Waals surface area contributed by atoms with Gasteiger partial charge in [0.15, 0.2) is 5.78 Å². The molecule has 0 saturated heterocycles. The SMILES string of the molecule is COc1cc(C(=O)N(CCCc2ccccc2)Cc2nc(C(=O)CS(=O)(=O)N(C)C)c(C)s2)cc(OC)c1C. The number of aryl methyl sites for hydroxylation is 2. The molecule has 0 saturated carbocycles. The number of thiazole rings is 1. The first-order valence-corrected chi connectivity index (χ1v) is 14.8. The third-order valence-electron chi connectivity index (χ3n) is 6.32. The van der Waals surface area contributed by atoms with E-state index in [1.54, 1.807) is 38.2 Å². The fourth-order valence-corrected chi connectivity index (χ4v) is 5.76. The summed E-state index contributed by atoms with van der Waals surface area (Å²) in [5.74, 6) is -0.370. The van der Waals surface area contributed by atoms with E-state index in [4.69, 9.17) is 9.47 Å². The van der Waals surface area contributed by atoms with Gasteiger partial charge in [0.25, 0.3) is 5.91 Å². The maximum Gasteiger partial charge on any atom is 0.254 e. The number of ether oxygens (including phenoxy) is 2. The van der Waals surface area contributed by atoms with Gasteiger partial charge in [-0.3, -0.25) is 9.59 Å². The third kappa shape index (κ3) is 7.65. The van der Waals surface area contributed by atoms with Crippen molar-refractivity contribution in [3.8, 4) is 11.5 Å². The second-order valence-corrected chi connectivity index (χ2v) is 12.8. The summed E-state index contributed by atoms with van der Waals surface area (Å²) in [7, 11) is 2.13. The van der Waals surface area contributed by atoms with Gasteiger partial charge in [-0.1, -0.05) is 30.3 Å². The fourth-order valence-electron chi connectivity index (χ4n) is 4.07. The predicted octanol–water partition coefficient (Wildman–Crippen LogP) is 4.13. The van der Waals surface area contributed by atoms with Crippen LogP contribution in [0.3, 0.4) is 0 Å². The van der Waals surface area contributed by atoms with Gasteiger partial charge < -0.3 is 14.4 Å². The smallest absolute Gasteiger partial charge is 0.254 e. The van der Waals surface area contributed by atoms with Crippen LogP contribution >= 0.6 is 11.3 Å². The van der Waals surface area contributed by atoms with Gasteiger partial charge in [0, 0.05) is 36.6 Å². The first-order chi connectivity index (χ1) is 18.5. The second kappa shape index (κ2) is 13.2. The average molecular weight is 574 g/mol. The maximum atomic E-state index is 13.8. The maximum absolute atomic E-state index is 13.8. The highest BCUT2D eigenvalue weighted by molar-refractivity contribution is 7.89. The standard InChI is InChI=1S/C28H35N3O6S2/c1-19-24(36-5)15-22(16-25(19)37-6)28(33)31(14-10-13-21-11-8-7-9-12-21)17-26-29-27(20(2)38-26)23(32)18-39(34,35)30(3)4/h7-9,11-12,15-16H,10,13-14,17-18H2,1-6H3. The quantitative estimate of drug-likeness (QED) is 0.283. The summed E-state index contributed by atoms with van der Waals surface area (Å²) in [6, 6.07) is 13.4. The van der Waals surface area contributed by atoms with Crippen LogP contribution in [0.2, 0.25) is 0 Å². The van der Waals surface area contributed by atoms with E-state index < -0.39 is 21.6 Å². The molecular formula is C28H35N3O6S2. The van der Waals surface area contributed by atoms with Gasteiger partial charge in [-0.2, -0.15) is 0 Å². The number of hydrogen-bond acceptors (Lipinski definition) is 8. The lowest BCUT2D eigenvalue weighted by Crippen LogP contribution is -2.32. The van der Waals surface area contributed by atoms with Crippen molar-refractivity contribution in [3.63, 3.8) is 0 Å². The van der Waals surface area contributed by atoms with Gasteiger partial charge in [0.1, 0.15) is 28.0 Å². The molecule has 0 aliphatic carbocycles. The van der Waals surface area contributed by atoms with E-state index in [1.165, 1.54) is 31.0 Å². The van der Waals surface area contributed by atoms with Crippen LogP contribution in [-0.4, -0.2) is 74.9 Å². The van der Waals surface area contributed by atoms with E-state index in [1.807, 2.05) is 37.3 Å². The lowest BCUT2D eigenvalue weighted by molar-refractivity contribution is 0.0740. The number of carbonyl (C=O) groups excluding carboxylic acids is 2. The minimum atomic E-state index is -3.72. The fraction of sp³-hybridized carbons (Fsp3) is 0.393. The van der Waals surface area contributed by atoms with Crippen LogP contribution in [0, 0.1) is 13.8 Å². The summed E-state index contributed by atoms with van der Waals surface area (Å²) in [6.45, 7) is 4.21. The highest BCUT2D eigenvalue weighted by atomic mass is 32.2. The van der Waals surface area contributed by atoms with Gasteiger partial charge >= 0.3 is 0 Å². The molecular weight excluding hydrogens is 538 g/mol. The Morgan fingerprint density at radius 2 is 1.62 bits per heavy atom. The van der Waals surface area contributed by atoms with Crippen LogP contribution in [0.5, 0.6) is 11.5 Å². The molecule has 0 N–H and O–H groups in total. The Kier molecular flexibility index (Phi) is 10.2. The van der Waals surface area contributed by atoms with E-state index in [0.717, 1.165) is 16.3 Å². The highest BCUT2D eigenvalue weighted by Gasteiger charge is 2.26. The summed E-state index contributed by atoms with van der Waals surface area (Å²) in [6.07, 6.45) is 1.50. The second-order valence-electron chi connectivity index (χ2n) is 9.30. The van der Waals surface area contributed by atoms with Crippen molar-refractivity contribution in [1.29, 1.82) is 0 Å². The van der Waals surface area contributed by atoms with E-state index in [9.17, 15) is 18.0 Å². The van der Waals surface area contributed by atoms with Crippen molar-refractivity contribution in [2.45, 2.75) is 33.2 Å². The molecule has 1 amide bonds. The normalized spacial score (nSPS) is 11.5. The topological polar surface area (TPSA) is 106 Å². The van der Waals surface area contributed by atoms with E-state index in [0.29, 0.717) is 39.9 Å². The molecule has 210 valence electrons. The molecule has 0 unspecified atom stereocenters. The zero-order valence-corrected chi connectivity index (χ0v) is 24.8. The lowest BCUT2D eigenvalue weighted by atomic mass is 10.1. The number of amides is 1. The van der Waals surface area contributed by atoms with Crippen molar-refractivity contribution in [2.24, 2.45) is 0 Å². The molecule has 0 atom stereocenters. The number of sulfonamides is 1. The number of methoxy groups -OCH3 is 2. The summed E-state index contributed by atoms with van der Waals surface area (Å²) in [5, 5.41) is 0.553. The number of benzene rings is 2. The summed E-state index contributed by atoms with van der Waals surface area (Å²) >= 11 is 1.28. The minimum absolute atomic E-state index is 0.121. The average Bonchev–Trinajstić information content (AvgIpc) is 3.28. The van der Waals surface area contributed by atoms with Crippen molar-refractivity contribution < 1.29 is 27.5 Å².